The van der Waals surface area contributed by atoms with Gasteiger partial charge in [0.25, 0.3) is 5.91 Å². The van der Waals surface area contributed by atoms with Gasteiger partial charge in [-0.1, -0.05) is 18.2 Å². The number of aromatic nitrogens is 2. The number of ether oxygens (including phenoxy) is 1. The minimum atomic E-state index is -0.0565. The molecule has 1 aliphatic heterocycles. The fraction of sp³-hybridized carbons (Fsp3) is 0.250. The summed E-state index contributed by atoms with van der Waals surface area (Å²) in [5, 5.41) is 7.85. The number of hydrogen-bond donors (Lipinski definition) is 1. The molecule has 2 aromatic carbocycles. The largest absolute Gasteiger partial charge is 0.493 e. The highest BCUT2D eigenvalue weighted by molar-refractivity contribution is 5.99. The van der Waals surface area contributed by atoms with Crippen LogP contribution in [0.3, 0.4) is 0 Å². The zero-order valence-corrected chi connectivity index (χ0v) is 14.8. The summed E-state index contributed by atoms with van der Waals surface area (Å²) < 4.78 is 5.68. The van der Waals surface area contributed by atoms with Crippen LogP contribution in [0.2, 0.25) is 0 Å². The van der Waals surface area contributed by atoms with Crippen molar-refractivity contribution in [1.82, 2.24) is 15.1 Å². The molecule has 0 saturated carbocycles. The topological polar surface area (TPSA) is 70.6 Å². The first-order valence-corrected chi connectivity index (χ1v) is 8.63. The number of H-pyrrole nitrogens is 1. The Kier molecular flexibility index (Phi) is 4.16. The molecule has 1 aliphatic rings. The molecule has 26 heavy (non-hydrogen) atoms. The van der Waals surface area contributed by atoms with Crippen LogP contribution < -0.4 is 4.74 Å². The van der Waals surface area contributed by atoms with Gasteiger partial charge in [0.15, 0.2) is 0 Å². The number of carbonyl (C=O) groups is 1. The monoisotopic (exact) mass is 348 g/mol. The highest BCUT2D eigenvalue weighted by Gasteiger charge is 2.18. The van der Waals surface area contributed by atoms with Crippen LogP contribution >= 0.6 is 0 Å². The number of carbonyl (C=O) groups excluding carboxylic acids is 1. The highest BCUT2D eigenvalue weighted by Crippen LogP contribution is 2.27. The molecule has 0 radical (unpaired) electrons. The third kappa shape index (κ3) is 2.83. The third-order valence-electron chi connectivity index (χ3n) is 4.61. The number of nitrogens with one attached hydrogen (secondary N) is 1. The maximum absolute atomic E-state index is 13.0. The van der Waals surface area contributed by atoms with Gasteiger partial charge >= 0.3 is 0 Å². The van der Waals surface area contributed by atoms with Gasteiger partial charge in [0, 0.05) is 25.4 Å². The molecule has 0 aliphatic carbocycles. The molecule has 4 rings (SSSR count). The van der Waals surface area contributed by atoms with E-state index in [4.69, 9.17) is 4.74 Å². The van der Waals surface area contributed by atoms with E-state index in [-0.39, 0.29) is 5.91 Å². The third-order valence-corrected chi connectivity index (χ3v) is 4.61. The summed E-state index contributed by atoms with van der Waals surface area (Å²) in [6.07, 6.45) is 3.60. The van der Waals surface area contributed by atoms with Crippen molar-refractivity contribution in [3.05, 3.63) is 58.8 Å². The van der Waals surface area contributed by atoms with Crippen LogP contribution in [-0.4, -0.2) is 40.9 Å². The zero-order valence-electron chi connectivity index (χ0n) is 14.8. The number of aromatic amines is 1. The molecule has 0 saturated heterocycles. The molecule has 1 N–H and O–H groups in total. The molecule has 2 heterocycles. The Hall–Kier alpha value is -3.15. The number of aliphatic imine (C=N–C) groups is 1. The summed E-state index contributed by atoms with van der Waals surface area (Å²) in [4.78, 5) is 19.0. The standard InChI is InChI=1S/C20H20N4O2/c1-3-26-19-8-15(7-18-17(19)11-22-23-18)20(25)24(2)12-14-6-4-5-13-9-21-10-16(13)14/h4-9,11H,3,10,12H2,1-2H3,(H,22,23). The average molecular weight is 348 g/mol. The molecule has 0 bridgehead atoms. The second kappa shape index (κ2) is 6.63. The van der Waals surface area contributed by atoms with Crippen LogP contribution in [0.5, 0.6) is 5.75 Å². The van der Waals surface area contributed by atoms with Crippen molar-refractivity contribution >= 4 is 23.0 Å². The normalized spacial score (nSPS) is 12.4. The van der Waals surface area contributed by atoms with Crippen molar-refractivity contribution in [3.8, 4) is 5.75 Å². The smallest absolute Gasteiger partial charge is 0.254 e. The second-order valence-electron chi connectivity index (χ2n) is 6.35. The van der Waals surface area contributed by atoms with Gasteiger partial charge in [-0.3, -0.25) is 14.9 Å². The minimum Gasteiger partial charge on any atom is -0.493 e. The lowest BCUT2D eigenvalue weighted by Crippen LogP contribution is -2.26. The number of rotatable bonds is 5. The van der Waals surface area contributed by atoms with Crippen LogP contribution in [0.25, 0.3) is 10.9 Å². The lowest BCUT2D eigenvalue weighted by Gasteiger charge is -2.19. The van der Waals surface area contributed by atoms with E-state index in [0.717, 1.165) is 22.0 Å². The van der Waals surface area contributed by atoms with Crippen LogP contribution in [-0.2, 0) is 13.1 Å². The molecule has 0 unspecified atom stereocenters. The maximum atomic E-state index is 13.0. The number of amides is 1. The van der Waals surface area contributed by atoms with Gasteiger partial charge in [0.1, 0.15) is 5.75 Å². The number of hydrogen-bond acceptors (Lipinski definition) is 4. The van der Waals surface area contributed by atoms with Crippen LogP contribution in [0.1, 0.15) is 34.0 Å². The van der Waals surface area contributed by atoms with Crippen molar-refractivity contribution < 1.29 is 9.53 Å². The van der Waals surface area contributed by atoms with E-state index in [1.165, 1.54) is 5.56 Å². The SMILES string of the molecule is CCOc1cc(C(=O)N(C)Cc2cccc3c2CN=C3)cc2[nH]ncc12. The summed E-state index contributed by atoms with van der Waals surface area (Å²) in [5.41, 5.74) is 4.84. The van der Waals surface area contributed by atoms with Gasteiger partial charge in [-0.25, -0.2) is 0 Å². The van der Waals surface area contributed by atoms with E-state index >= 15 is 0 Å². The zero-order chi connectivity index (χ0) is 18.1. The first-order chi connectivity index (χ1) is 12.7. The Morgan fingerprint density at radius 1 is 1.35 bits per heavy atom. The van der Waals surface area contributed by atoms with Gasteiger partial charge in [-0.05, 0) is 35.7 Å². The average Bonchev–Trinajstić information content (AvgIpc) is 3.30. The van der Waals surface area contributed by atoms with Crippen LogP contribution in [0, 0.1) is 0 Å². The van der Waals surface area contributed by atoms with Crippen molar-refractivity contribution in [1.29, 1.82) is 0 Å². The van der Waals surface area contributed by atoms with Crippen molar-refractivity contribution in [2.24, 2.45) is 4.99 Å². The highest BCUT2D eigenvalue weighted by atomic mass is 16.5. The number of nitrogens with zero attached hydrogens (tertiary/aromatic N) is 3. The Balaban J connectivity index is 1.61. The van der Waals surface area contributed by atoms with Crippen molar-refractivity contribution in [2.45, 2.75) is 20.0 Å². The van der Waals surface area contributed by atoms with Gasteiger partial charge < -0.3 is 9.64 Å². The fourth-order valence-electron chi connectivity index (χ4n) is 3.32. The van der Waals surface area contributed by atoms with E-state index < -0.39 is 0 Å². The van der Waals surface area contributed by atoms with Crippen LogP contribution in [0.15, 0.2) is 41.5 Å². The first kappa shape index (κ1) is 16.3. The molecular weight excluding hydrogens is 328 g/mol. The molecule has 1 amide bonds. The fourth-order valence-corrected chi connectivity index (χ4v) is 3.32. The molecular formula is C20H20N4O2. The number of benzene rings is 2. The molecule has 3 aromatic rings. The quantitative estimate of drug-likeness (QED) is 0.770. The Morgan fingerprint density at radius 3 is 3.08 bits per heavy atom. The summed E-state index contributed by atoms with van der Waals surface area (Å²) in [5.74, 6) is 0.614. The Morgan fingerprint density at radius 2 is 2.23 bits per heavy atom. The van der Waals surface area contributed by atoms with Crippen LogP contribution in [0.4, 0.5) is 0 Å². The van der Waals surface area contributed by atoms with Gasteiger partial charge in [-0.2, -0.15) is 5.10 Å². The summed E-state index contributed by atoms with van der Waals surface area (Å²) in [7, 11) is 1.81. The minimum absolute atomic E-state index is 0.0565. The van der Waals surface area contributed by atoms with Gasteiger partial charge in [0.05, 0.1) is 30.3 Å². The molecule has 6 heteroatoms. The Labute approximate surface area is 151 Å². The predicted octanol–water partition coefficient (Wildman–Crippen LogP) is 3.17. The summed E-state index contributed by atoms with van der Waals surface area (Å²) >= 11 is 0. The molecule has 132 valence electrons. The lowest BCUT2D eigenvalue weighted by molar-refractivity contribution is 0.0784. The molecule has 0 spiro atoms. The lowest BCUT2D eigenvalue weighted by atomic mass is 10.0. The van der Waals surface area contributed by atoms with Crippen molar-refractivity contribution in [2.75, 3.05) is 13.7 Å². The second-order valence-corrected chi connectivity index (χ2v) is 6.35. The molecule has 0 atom stereocenters. The van der Waals surface area contributed by atoms with Gasteiger partial charge in [0.2, 0.25) is 0 Å². The molecule has 6 nitrogen and oxygen atoms in total. The van der Waals surface area contributed by atoms with E-state index in [9.17, 15) is 4.79 Å². The first-order valence-electron chi connectivity index (χ1n) is 8.63. The summed E-state index contributed by atoms with van der Waals surface area (Å²) in [6.45, 7) is 3.67. The van der Waals surface area contributed by atoms with E-state index in [1.54, 1.807) is 17.2 Å². The van der Waals surface area contributed by atoms with Gasteiger partial charge in [-0.15, -0.1) is 0 Å². The maximum Gasteiger partial charge on any atom is 0.254 e. The molecule has 0 fully saturated rings. The van der Waals surface area contributed by atoms with E-state index in [0.29, 0.717) is 31.0 Å². The van der Waals surface area contributed by atoms with E-state index in [2.05, 4.69) is 27.3 Å². The number of fused-ring (bicyclic) bond motifs is 2. The van der Waals surface area contributed by atoms with Crippen molar-refractivity contribution in [3.63, 3.8) is 0 Å². The predicted molar refractivity (Wildman–Crippen MR) is 101 cm³/mol. The Bertz CT molecular complexity index is 1010. The molecule has 1 aromatic heterocycles. The van der Waals surface area contributed by atoms with E-state index in [1.807, 2.05) is 32.3 Å². The summed E-state index contributed by atoms with van der Waals surface area (Å²) in [6, 6.07) is 9.73.